The third kappa shape index (κ3) is 14.8. The molecule has 5 rings (SSSR count). The SMILES string of the molecule is CC(C)(COP(=O)(O)OP(=O)(O)OC[C@H]1O[C@@H](n2cnc3c(N)ncnc32)[C@H](O)[C@@H]1OP(=O)(O)O)[C@@H](O)C(=O)NCCC(=O)NCCSNc1nc(Cl)cnc1Sc1ccnc(N)c1Cl. The summed E-state index contributed by atoms with van der Waals surface area (Å²) in [6.07, 6.45) is -4.17. The van der Waals surface area contributed by atoms with Crippen LogP contribution in [0.15, 0.2) is 41.0 Å². The molecule has 35 heteroatoms. The number of hydrogen-bond donors (Lipinski definition) is 11. The Labute approximate surface area is 385 Å². The van der Waals surface area contributed by atoms with Crippen molar-refractivity contribution >= 4 is 111 Å². The number of ether oxygens (including phenoxy) is 1. The Kier molecular flexibility index (Phi) is 18.0. The number of carbonyl (C=O) groups excluding carboxylic acids is 2. The highest BCUT2D eigenvalue weighted by molar-refractivity contribution is 8.01. The molecule has 7 atom stereocenters. The first-order valence-corrected chi connectivity index (χ1v) is 25.3. The zero-order valence-electron chi connectivity index (χ0n) is 33.5. The van der Waals surface area contributed by atoms with Gasteiger partial charge in [-0.15, -0.1) is 0 Å². The zero-order chi connectivity index (χ0) is 47.9. The highest BCUT2D eigenvalue weighted by atomic mass is 35.5. The molecule has 1 aliphatic heterocycles. The molecular formula is C30H41Cl2N12O16P3S2. The number of aliphatic hydroxyl groups excluding tert-OH is 2. The van der Waals surface area contributed by atoms with Gasteiger partial charge in [0.2, 0.25) is 11.8 Å². The van der Waals surface area contributed by atoms with Gasteiger partial charge in [0.15, 0.2) is 23.5 Å². The average Bonchev–Trinajstić information content (AvgIpc) is 3.78. The maximum Gasteiger partial charge on any atom is 0.481 e. The molecule has 0 aromatic carbocycles. The van der Waals surface area contributed by atoms with Crippen LogP contribution in [-0.2, 0) is 45.9 Å². The molecule has 5 heterocycles. The number of phosphoric acid groups is 3. The third-order valence-electron chi connectivity index (χ3n) is 8.57. The molecule has 2 amide bonds. The van der Waals surface area contributed by atoms with Crippen molar-refractivity contribution in [2.75, 3.05) is 48.2 Å². The topological polar surface area (TPSA) is 423 Å². The number of nitrogen functional groups attached to an aromatic ring is 2. The predicted molar refractivity (Wildman–Crippen MR) is 231 cm³/mol. The summed E-state index contributed by atoms with van der Waals surface area (Å²) in [6, 6.07) is 1.66. The van der Waals surface area contributed by atoms with E-state index in [0.717, 1.165) is 17.2 Å². The second-order valence-electron chi connectivity index (χ2n) is 14.0. The van der Waals surface area contributed by atoms with E-state index in [1.165, 1.54) is 50.0 Å². The number of imidazole rings is 1. The number of nitrogens with zero attached hydrogens (tertiary/aromatic N) is 7. The van der Waals surface area contributed by atoms with Crippen LogP contribution in [0.5, 0.6) is 0 Å². The molecular weight excluding hydrogens is 1010 g/mol. The van der Waals surface area contributed by atoms with E-state index in [0.29, 0.717) is 21.5 Å². The summed E-state index contributed by atoms with van der Waals surface area (Å²) in [5.41, 5.74) is 10.0. The number of hydrogen-bond acceptors (Lipinski definition) is 23. The molecule has 1 saturated heterocycles. The van der Waals surface area contributed by atoms with Crippen LogP contribution < -0.4 is 26.8 Å². The number of anilines is 3. The van der Waals surface area contributed by atoms with E-state index in [9.17, 15) is 53.1 Å². The normalized spacial score (nSPS) is 20.2. The molecule has 4 aromatic rings. The zero-order valence-corrected chi connectivity index (χ0v) is 39.3. The van der Waals surface area contributed by atoms with Gasteiger partial charge >= 0.3 is 23.5 Å². The van der Waals surface area contributed by atoms with E-state index >= 15 is 0 Å². The lowest BCUT2D eigenvalue weighted by Gasteiger charge is -2.30. The third-order valence-corrected chi connectivity index (χ3v) is 14.2. The maximum atomic E-state index is 12.7. The van der Waals surface area contributed by atoms with Crippen molar-refractivity contribution in [2.24, 2.45) is 5.41 Å². The lowest BCUT2D eigenvalue weighted by molar-refractivity contribution is -0.137. The van der Waals surface area contributed by atoms with E-state index in [4.69, 9.17) is 48.5 Å². The quantitative estimate of drug-likeness (QED) is 0.0284. The second kappa shape index (κ2) is 22.2. The molecule has 358 valence electrons. The Morgan fingerprint density at radius 2 is 1.74 bits per heavy atom. The minimum Gasteiger partial charge on any atom is -0.386 e. The summed E-state index contributed by atoms with van der Waals surface area (Å²) in [5, 5.41) is 27.4. The standard InChI is InChI=1S/C30H41Cl2N12O16P3S2/c1-30(2,22(47)27(48)37-6-4-17(45)35-7-8-64-43-25-28(38-9-16(31)42-25)65-15-3-5-36-23(33)18(15)32)11-57-63(54,55)60-62(52,53)56-10-14-21(59-61(49,50)51)20(46)29(58-14)44-13-41-19-24(34)39-12-40-26(19)44/h3,5,9,12-14,20-22,29,46-47H,4,6-8,10-11H2,1-2H3,(H2,33,36)(H,35,45)(H,37,48)(H,42,43)(H,52,53)(H,54,55)(H2,34,39,40)(H2,49,50,51)/t14-,20-,21-,22+,29-/m1/s1. The number of carbonyl (C=O) groups is 2. The van der Waals surface area contributed by atoms with Crippen molar-refractivity contribution in [1.82, 2.24) is 45.1 Å². The fraction of sp³-hybridized carbons (Fsp3) is 0.467. The summed E-state index contributed by atoms with van der Waals surface area (Å²) < 4.78 is 65.4. The number of aliphatic hydroxyl groups is 2. The molecule has 0 saturated carbocycles. The Bertz CT molecular complexity index is 2500. The van der Waals surface area contributed by atoms with Crippen molar-refractivity contribution in [3.05, 3.63) is 41.3 Å². The number of phosphoric ester groups is 3. The predicted octanol–water partition coefficient (Wildman–Crippen LogP) is 1.39. The van der Waals surface area contributed by atoms with Crippen LogP contribution in [0, 0.1) is 5.41 Å². The number of pyridine rings is 1. The summed E-state index contributed by atoms with van der Waals surface area (Å²) >= 11 is 14.6. The van der Waals surface area contributed by atoms with Crippen LogP contribution in [0.3, 0.4) is 0 Å². The van der Waals surface area contributed by atoms with Crippen molar-refractivity contribution in [1.29, 1.82) is 0 Å². The lowest BCUT2D eigenvalue weighted by atomic mass is 9.87. The summed E-state index contributed by atoms with van der Waals surface area (Å²) in [6.45, 7) is 0.414. The van der Waals surface area contributed by atoms with Crippen LogP contribution in [-0.4, -0.2) is 133 Å². The molecule has 0 radical (unpaired) electrons. The van der Waals surface area contributed by atoms with Crippen LogP contribution in [0.4, 0.5) is 17.5 Å². The van der Waals surface area contributed by atoms with E-state index in [2.05, 4.69) is 54.1 Å². The largest absolute Gasteiger partial charge is 0.481 e. The van der Waals surface area contributed by atoms with Gasteiger partial charge in [0.1, 0.15) is 52.3 Å². The van der Waals surface area contributed by atoms with Crippen molar-refractivity contribution < 1.29 is 75.7 Å². The second-order valence-corrected chi connectivity index (χ2v) is 20.9. The number of nitrogens with two attached hydrogens (primary N) is 2. The molecule has 28 nitrogen and oxygen atoms in total. The monoisotopic (exact) mass is 1050 g/mol. The Morgan fingerprint density at radius 1 is 1.02 bits per heavy atom. The molecule has 1 fully saturated rings. The van der Waals surface area contributed by atoms with Crippen molar-refractivity contribution in [2.45, 2.75) is 60.8 Å². The van der Waals surface area contributed by atoms with Crippen LogP contribution >= 0.6 is 70.4 Å². The van der Waals surface area contributed by atoms with Gasteiger partial charge in [-0.3, -0.25) is 27.7 Å². The molecule has 4 aromatic heterocycles. The Hall–Kier alpha value is -3.35. The van der Waals surface area contributed by atoms with Crippen LogP contribution in [0.2, 0.25) is 10.2 Å². The number of rotatable bonds is 23. The lowest BCUT2D eigenvalue weighted by Crippen LogP contribution is -2.46. The minimum atomic E-state index is -5.59. The minimum absolute atomic E-state index is 0.0237. The number of amides is 2. The summed E-state index contributed by atoms with van der Waals surface area (Å²) in [5.74, 6) is -0.658. The van der Waals surface area contributed by atoms with Gasteiger partial charge in [0.25, 0.3) is 0 Å². The van der Waals surface area contributed by atoms with E-state index in [-0.39, 0.29) is 52.5 Å². The van der Waals surface area contributed by atoms with E-state index in [1.54, 1.807) is 6.07 Å². The summed E-state index contributed by atoms with van der Waals surface area (Å²) in [7, 11) is -16.5. The highest BCUT2D eigenvalue weighted by Crippen LogP contribution is 2.61. The fourth-order valence-corrected chi connectivity index (χ4v) is 10.1. The van der Waals surface area contributed by atoms with Crippen molar-refractivity contribution in [3.8, 4) is 0 Å². The molecule has 0 aliphatic carbocycles. The first kappa shape index (κ1) is 52.6. The summed E-state index contributed by atoms with van der Waals surface area (Å²) in [4.78, 5) is 89.3. The van der Waals surface area contributed by atoms with Crippen molar-refractivity contribution in [3.63, 3.8) is 0 Å². The molecule has 65 heavy (non-hydrogen) atoms. The smallest absolute Gasteiger partial charge is 0.386 e. The van der Waals surface area contributed by atoms with E-state index in [1.807, 2.05) is 0 Å². The first-order chi connectivity index (χ1) is 30.4. The van der Waals surface area contributed by atoms with Gasteiger partial charge in [-0.1, -0.05) is 48.8 Å². The molecule has 13 N–H and O–H groups in total. The van der Waals surface area contributed by atoms with Gasteiger partial charge in [0, 0.05) is 41.8 Å². The fourth-order valence-electron chi connectivity index (χ4n) is 5.42. The first-order valence-electron chi connectivity index (χ1n) is 18.2. The average molecular weight is 1050 g/mol. The molecule has 2 unspecified atom stereocenters. The maximum absolute atomic E-state index is 12.7. The van der Waals surface area contributed by atoms with Gasteiger partial charge in [-0.25, -0.2) is 43.6 Å². The van der Waals surface area contributed by atoms with Gasteiger partial charge in [-0.05, 0) is 18.0 Å². The number of fused-ring (bicyclic) bond motifs is 1. The molecule has 0 bridgehead atoms. The van der Waals surface area contributed by atoms with E-state index < -0.39 is 84.6 Å². The van der Waals surface area contributed by atoms with Crippen LogP contribution in [0.1, 0.15) is 26.5 Å². The van der Waals surface area contributed by atoms with Gasteiger partial charge in [0.05, 0.1) is 30.8 Å². The Morgan fingerprint density at radius 3 is 2.46 bits per heavy atom. The Balaban J connectivity index is 1.03. The highest BCUT2D eigenvalue weighted by Gasteiger charge is 2.50. The van der Waals surface area contributed by atoms with Gasteiger partial charge < -0.3 is 61.3 Å². The van der Waals surface area contributed by atoms with Crippen LogP contribution in [0.25, 0.3) is 11.2 Å². The number of halogens is 2. The van der Waals surface area contributed by atoms with Gasteiger partial charge in [-0.2, -0.15) is 4.31 Å². The number of nitrogens with one attached hydrogen (secondary N) is 3. The molecule has 1 aliphatic rings. The number of aromatic nitrogens is 7. The molecule has 0 spiro atoms.